The number of hydrogen-bond acceptors (Lipinski definition) is 4. The van der Waals surface area contributed by atoms with Crippen LogP contribution in [-0.2, 0) is 0 Å². The van der Waals surface area contributed by atoms with Crippen LogP contribution in [0.4, 0.5) is 11.4 Å². The van der Waals surface area contributed by atoms with Crippen LogP contribution >= 0.6 is 0 Å². The fraction of sp³-hybridized carbons (Fsp3) is 0. The van der Waals surface area contributed by atoms with E-state index in [4.69, 9.17) is 20.0 Å². The summed E-state index contributed by atoms with van der Waals surface area (Å²) < 4.78 is 0. The average Bonchev–Trinajstić information content (AvgIpc) is 3.15. The molecule has 0 bridgehead atoms. The zero-order valence-corrected chi connectivity index (χ0v) is 26.0. The summed E-state index contributed by atoms with van der Waals surface area (Å²) in [5.41, 5.74) is 10.9. The van der Waals surface area contributed by atoms with Gasteiger partial charge < -0.3 is 0 Å². The second kappa shape index (κ2) is 11.7. The van der Waals surface area contributed by atoms with Gasteiger partial charge in [0.15, 0.2) is 0 Å². The van der Waals surface area contributed by atoms with Crippen LogP contribution in [0.5, 0.6) is 0 Å². The van der Waals surface area contributed by atoms with Crippen molar-refractivity contribution in [1.29, 1.82) is 0 Å². The number of aromatic nitrogens is 2. The van der Waals surface area contributed by atoms with E-state index in [1.165, 1.54) is 21.5 Å². The molecule has 3 heterocycles. The molecule has 0 unspecified atom stereocenters. The van der Waals surface area contributed by atoms with Gasteiger partial charge in [-0.3, -0.25) is 9.97 Å². The lowest BCUT2D eigenvalue weighted by molar-refractivity contribution is 1.22. The van der Waals surface area contributed by atoms with Crippen LogP contribution in [0.1, 0.15) is 22.5 Å². The monoisotopic (exact) mass is 612 g/mol. The number of benzene rings is 6. The molecule has 4 nitrogen and oxygen atoms in total. The molecule has 1 aliphatic heterocycles. The first-order valence-electron chi connectivity index (χ1n) is 16.0. The fourth-order valence-electron chi connectivity index (χ4n) is 6.52. The molecule has 0 amide bonds. The minimum Gasteiger partial charge on any atom is -0.252 e. The van der Waals surface area contributed by atoms with E-state index in [2.05, 4.69) is 133 Å². The van der Waals surface area contributed by atoms with Gasteiger partial charge >= 0.3 is 0 Å². The molecule has 0 spiro atoms. The van der Waals surface area contributed by atoms with Gasteiger partial charge in [-0.2, -0.15) is 0 Å². The smallest absolute Gasteiger partial charge is 0.115 e. The molecule has 0 fully saturated rings. The second-order valence-corrected chi connectivity index (χ2v) is 11.9. The molecular weight excluding hydrogens is 585 g/mol. The first kappa shape index (κ1) is 27.8. The first-order chi connectivity index (χ1) is 23.8. The van der Waals surface area contributed by atoms with Crippen LogP contribution in [-0.4, -0.2) is 21.4 Å². The number of nitrogens with zero attached hydrogens (tertiary/aromatic N) is 4. The van der Waals surface area contributed by atoms with E-state index in [1.54, 1.807) is 0 Å². The Balaban J connectivity index is 1.17. The van der Waals surface area contributed by atoms with Gasteiger partial charge in [-0.15, -0.1) is 0 Å². The minimum atomic E-state index is 0.728. The van der Waals surface area contributed by atoms with Crippen LogP contribution < -0.4 is 0 Å². The molecule has 1 aliphatic rings. The van der Waals surface area contributed by atoms with E-state index in [1.807, 2.05) is 36.7 Å². The largest absolute Gasteiger partial charge is 0.252 e. The molecule has 4 heteroatoms. The third-order valence-electron chi connectivity index (χ3n) is 8.92. The predicted octanol–water partition coefficient (Wildman–Crippen LogP) is 10.8. The number of rotatable bonds is 4. The van der Waals surface area contributed by atoms with Crippen molar-refractivity contribution in [3.63, 3.8) is 0 Å². The molecule has 2 aromatic heterocycles. The summed E-state index contributed by atoms with van der Waals surface area (Å²) in [5, 5.41) is 4.87. The van der Waals surface area contributed by atoms with Crippen molar-refractivity contribution in [1.82, 2.24) is 9.97 Å². The highest BCUT2D eigenvalue weighted by molar-refractivity contribution is 6.21. The zero-order valence-electron chi connectivity index (χ0n) is 26.0. The SMILES string of the molecule is c1cc(C2=Nc3cccnc3C(c3cccc(-c4ccc5ccccc5c4)c3)=Nc3cccnc32)cc(-c2ccc3ccccc3c2)c1. The molecule has 0 saturated heterocycles. The van der Waals surface area contributed by atoms with Crippen molar-refractivity contribution < 1.29 is 0 Å². The number of fused-ring (bicyclic) bond motifs is 4. The van der Waals surface area contributed by atoms with Gasteiger partial charge in [0.05, 0.1) is 22.8 Å². The lowest BCUT2D eigenvalue weighted by atomic mass is 9.95. The van der Waals surface area contributed by atoms with Crippen LogP contribution in [0.3, 0.4) is 0 Å². The van der Waals surface area contributed by atoms with Crippen LogP contribution in [0.2, 0.25) is 0 Å². The summed E-state index contributed by atoms with van der Waals surface area (Å²) in [6, 6.07) is 55.0. The van der Waals surface area contributed by atoms with Gasteiger partial charge in [0, 0.05) is 23.5 Å². The predicted molar refractivity (Wildman–Crippen MR) is 198 cm³/mol. The Hall–Kier alpha value is -6.52. The molecule has 0 N–H and O–H groups in total. The summed E-state index contributed by atoms with van der Waals surface area (Å²) in [6.45, 7) is 0. The van der Waals surface area contributed by atoms with Gasteiger partial charge in [0.2, 0.25) is 0 Å². The van der Waals surface area contributed by atoms with Crippen LogP contribution in [0.25, 0.3) is 43.8 Å². The molecule has 48 heavy (non-hydrogen) atoms. The van der Waals surface area contributed by atoms with Gasteiger partial charge in [-0.05, 0) is 92.3 Å². The maximum absolute atomic E-state index is 5.30. The van der Waals surface area contributed by atoms with Crippen molar-refractivity contribution in [2.45, 2.75) is 0 Å². The molecule has 0 saturated carbocycles. The number of hydrogen-bond donors (Lipinski definition) is 0. The molecular formula is C44H28N4. The summed E-state index contributed by atoms with van der Waals surface area (Å²) >= 11 is 0. The summed E-state index contributed by atoms with van der Waals surface area (Å²) in [6.07, 6.45) is 3.62. The van der Waals surface area contributed by atoms with E-state index in [-0.39, 0.29) is 0 Å². The van der Waals surface area contributed by atoms with Gasteiger partial charge in [0.25, 0.3) is 0 Å². The van der Waals surface area contributed by atoms with Crippen molar-refractivity contribution in [2.75, 3.05) is 0 Å². The topological polar surface area (TPSA) is 50.5 Å². The van der Waals surface area contributed by atoms with E-state index < -0.39 is 0 Å². The maximum Gasteiger partial charge on any atom is 0.115 e. The maximum atomic E-state index is 5.30. The quantitative estimate of drug-likeness (QED) is 0.199. The Kier molecular flexibility index (Phi) is 6.76. The molecule has 6 aromatic carbocycles. The highest BCUT2D eigenvalue weighted by Gasteiger charge is 2.22. The Morgan fingerprint density at radius 3 is 1.19 bits per heavy atom. The highest BCUT2D eigenvalue weighted by Crippen LogP contribution is 2.34. The van der Waals surface area contributed by atoms with E-state index >= 15 is 0 Å². The average molecular weight is 613 g/mol. The van der Waals surface area contributed by atoms with Crippen molar-refractivity contribution in [3.05, 3.63) is 193 Å². The van der Waals surface area contributed by atoms with E-state index in [0.717, 1.165) is 67.6 Å². The number of pyridine rings is 2. The lowest BCUT2D eigenvalue weighted by Gasteiger charge is -2.17. The lowest BCUT2D eigenvalue weighted by Crippen LogP contribution is -2.12. The van der Waals surface area contributed by atoms with Crippen LogP contribution in [0.15, 0.2) is 180 Å². The van der Waals surface area contributed by atoms with Crippen molar-refractivity contribution in [2.24, 2.45) is 9.98 Å². The van der Waals surface area contributed by atoms with Crippen molar-refractivity contribution in [3.8, 4) is 22.3 Å². The molecule has 224 valence electrons. The summed E-state index contributed by atoms with van der Waals surface area (Å²) in [7, 11) is 0. The number of aliphatic imine (C=N–C) groups is 2. The van der Waals surface area contributed by atoms with Gasteiger partial charge in [0.1, 0.15) is 11.4 Å². The second-order valence-electron chi connectivity index (χ2n) is 11.9. The van der Waals surface area contributed by atoms with Gasteiger partial charge in [-0.1, -0.05) is 109 Å². The Morgan fingerprint density at radius 1 is 0.292 bits per heavy atom. The van der Waals surface area contributed by atoms with E-state index in [9.17, 15) is 0 Å². The Labute approximate surface area is 278 Å². The fourth-order valence-corrected chi connectivity index (χ4v) is 6.52. The third-order valence-corrected chi connectivity index (χ3v) is 8.92. The Bertz CT molecular complexity index is 2400. The van der Waals surface area contributed by atoms with Crippen molar-refractivity contribution >= 4 is 44.3 Å². The summed E-state index contributed by atoms with van der Waals surface area (Å²) in [4.78, 5) is 20.3. The minimum absolute atomic E-state index is 0.728. The normalized spacial score (nSPS) is 12.4. The van der Waals surface area contributed by atoms with Gasteiger partial charge in [-0.25, -0.2) is 9.98 Å². The molecule has 8 aromatic rings. The molecule has 0 radical (unpaired) electrons. The molecule has 0 aliphatic carbocycles. The molecule has 0 atom stereocenters. The zero-order chi connectivity index (χ0) is 31.9. The standard InChI is InChI=1S/C44H28N4/c1-3-11-31-25-35(21-19-29(31)9-1)33-13-5-15-37(27-33)41-43-39(17-7-23-45-43)48-42(44-40(47-41)18-8-24-46-44)38-16-6-14-34(28-38)36-22-20-30-10-2-4-12-32(30)26-36/h1-28H. The van der Waals surface area contributed by atoms with Crippen LogP contribution in [0, 0.1) is 0 Å². The Morgan fingerprint density at radius 2 is 0.708 bits per heavy atom. The highest BCUT2D eigenvalue weighted by atomic mass is 14.9. The molecule has 9 rings (SSSR count). The summed E-state index contributed by atoms with van der Waals surface area (Å²) in [5.74, 6) is 0. The third kappa shape index (κ3) is 5.06. The first-order valence-corrected chi connectivity index (χ1v) is 16.0. The van der Waals surface area contributed by atoms with E-state index in [0.29, 0.717) is 0 Å².